The van der Waals surface area contributed by atoms with E-state index in [1.54, 1.807) is 12.4 Å². The largest absolute Gasteiger partial charge is 0.388 e. The van der Waals surface area contributed by atoms with Gasteiger partial charge in [-0.2, -0.15) is 0 Å². The summed E-state index contributed by atoms with van der Waals surface area (Å²) < 4.78 is 5.30. The Hall–Kier alpha value is -2.49. The second-order valence-electron chi connectivity index (χ2n) is 8.18. The first kappa shape index (κ1) is 24.8. The zero-order chi connectivity index (χ0) is 22.2. The molecule has 4 heteroatoms. The van der Waals surface area contributed by atoms with E-state index in [4.69, 9.17) is 4.74 Å². The molecule has 1 aromatic carbocycles. The number of unbranched alkanes of at least 4 members (excludes halogenated alkanes) is 7. The van der Waals surface area contributed by atoms with E-state index >= 15 is 0 Å². The lowest BCUT2D eigenvalue weighted by Gasteiger charge is -2.13. The van der Waals surface area contributed by atoms with Crippen LogP contribution in [-0.2, 0) is 11.2 Å². The number of rotatable bonds is 15. The van der Waals surface area contributed by atoms with E-state index in [1.807, 2.05) is 24.3 Å². The minimum atomic E-state index is -0.428. The fourth-order valence-corrected chi connectivity index (χ4v) is 3.64. The maximum Gasteiger partial charge on any atom is 0.338 e. The molecule has 0 amide bonds. The highest BCUT2D eigenvalue weighted by atomic mass is 16.5. The number of esters is 1. The fourth-order valence-electron chi connectivity index (χ4n) is 3.64. The molecule has 1 aromatic heterocycles. The SMILES string of the molecule is CCCCCCCCC(C=CC(=O)Oc1ncc(CCCCC)cn1)c1ccccc1. The Balaban J connectivity index is 1.87. The molecule has 2 rings (SSSR count). The van der Waals surface area contributed by atoms with Crippen molar-refractivity contribution in [3.05, 3.63) is 66.0 Å². The van der Waals surface area contributed by atoms with E-state index in [2.05, 4.69) is 35.9 Å². The predicted molar refractivity (Wildman–Crippen MR) is 127 cm³/mol. The van der Waals surface area contributed by atoms with Gasteiger partial charge in [-0.05, 0) is 30.4 Å². The van der Waals surface area contributed by atoms with E-state index in [1.165, 1.54) is 56.6 Å². The number of ether oxygens (including phenoxy) is 1. The molecule has 0 fully saturated rings. The van der Waals surface area contributed by atoms with E-state index in [0.717, 1.165) is 31.2 Å². The van der Waals surface area contributed by atoms with Crippen LogP contribution >= 0.6 is 0 Å². The molecule has 2 aromatic rings. The summed E-state index contributed by atoms with van der Waals surface area (Å²) >= 11 is 0. The molecular formula is C27H38N2O2. The molecule has 0 saturated heterocycles. The topological polar surface area (TPSA) is 52.1 Å². The first-order valence-corrected chi connectivity index (χ1v) is 12.0. The monoisotopic (exact) mass is 422 g/mol. The molecule has 0 radical (unpaired) electrons. The molecule has 0 aliphatic carbocycles. The number of hydrogen-bond donors (Lipinski definition) is 0. The molecular weight excluding hydrogens is 384 g/mol. The number of hydrogen-bond acceptors (Lipinski definition) is 4. The average Bonchev–Trinajstić information content (AvgIpc) is 2.80. The van der Waals surface area contributed by atoms with Crippen LogP contribution in [0.4, 0.5) is 0 Å². The molecule has 1 heterocycles. The van der Waals surface area contributed by atoms with Crippen LogP contribution in [0.3, 0.4) is 0 Å². The Morgan fingerprint density at radius 2 is 1.55 bits per heavy atom. The van der Waals surface area contributed by atoms with Crippen LogP contribution in [0.1, 0.15) is 95.1 Å². The highest BCUT2D eigenvalue weighted by Gasteiger charge is 2.10. The van der Waals surface area contributed by atoms with Gasteiger partial charge >= 0.3 is 12.0 Å². The van der Waals surface area contributed by atoms with Crippen molar-refractivity contribution in [3.63, 3.8) is 0 Å². The zero-order valence-electron chi connectivity index (χ0n) is 19.3. The molecule has 4 nitrogen and oxygen atoms in total. The first-order chi connectivity index (χ1) is 15.2. The Morgan fingerprint density at radius 1 is 0.903 bits per heavy atom. The molecule has 1 unspecified atom stereocenters. The highest BCUT2D eigenvalue weighted by Crippen LogP contribution is 2.24. The van der Waals surface area contributed by atoms with Gasteiger partial charge in [0.1, 0.15) is 0 Å². The third-order valence-corrected chi connectivity index (χ3v) is 5.50. The molecule has 0 N–H and O–H groups in total. The van der Waals surface area contributed by atoms with Gasteiger partial charge in [-0.25, -0.2) is 14.8 Å². The van der Waals surface area contributed by atoms with Gasteiger partial charge in [0.15, 0.2) is 0 Å². The van der Waals surface area contributed by atoms with Crippen molar-refractivity contribution in [2.75, 3.05) is 0 Å². The molecule has 0 aliphatic rings. The number of aromatic nitrogens is 2. The second-order valence-corrected chi connectivity index (χ2v) is 8.18. The lowest BCUT2D eigenvalue weighted by atomic mass is 9.92. The Morgan fingerprint density at radius 3 is 2.26 bits per heavy atom. The summed E-state index contributed by atoms with van der Waals surface area (Å²) in [5.41, 5.74) is 2.31. The van der Waals surface area contributed by atoms with Gasteiger partial charge in [0.25, 0.3) is 0 Å². The minimum Gasteiger partial charge on any atom is -0.388 e. The summed E-state index contributed by atoms with van der Waals surface area (Å²) in [5.74, 6) is -0.218. The first-order valence-electron chi connectivity index (χ1n) is 12.0. The minimum absolute atomic E-state index is 0.112. The summed E-state index contributed by atoms with van der Waals surface area (Å²) in [7, 11) is 0. The van der Waals surface area contributed by atoms with Crippen molar-refractivity contribution in [3.8, 4) is 6.01 Å². The number of carbonyl (C=O) groups is 1. The lowest BCUT2D eigenvalue weighted by Crippen LogP contribution is -2.08. The molecule has 0 bridgehead atoms. The van der Waals surface area contributed by atoms with E-state index < -0.39 is 5.97 Å². The number of benzene rings is 1. The highest BCUT2D eigenvalue weighted by molar-refractivity contribution is 5.83. The van der Waals surface area contributed by atoms with Gasteiger partial charge in [-0.15, -0.1) is 0 Å². The lowest BCUT2D eigenvalue weighted by molar-refractivity contribution is -0.129. The van der Waals surface area contributed by atoms with Gasteiger partial charge in [0.05, 0.1) is 0 Å². The molecule has 31 heavy (non-hydrogen) atoms. The standard InChI is InChI=1S/C27H38N2O2/c1-3-5-7-8-9-12-18-25(24-16-13-10-14-17-24)19-20-26(30)31-27-28-21-23(22-29-27)15-11-6-4-2/h10,13-14,16-17,19-22,25H,3-9,11-12,15,18H2,1-2H3. The Bertz CT molecular complexity index is 757. The normalized spacial score (nSPS) is 12.2. The number of aryl methyl sites for hydroxylation is 1. The average molecular weight is 423 g/mol. The molecule has 168 valence electrons. The van der Waals surface area contributed by atoms with Gasteiger partial charge in [-0.1, -0.05) is 102 Å². The predicted octanol–water partition coefficient (Wildman–Crippen LogP) is 7.21. The third kappa shape index (κ3) is 10.4. The number of allylic oxidation sites excluding steroid dienone is 1. The summed E-state index contributed by atoms with van der Waals surface area (Å²) in [6, 6.07) is 10.5. The summed E-state index contributed by atoms with van der Waals surface area (Å²) in [6.07, 6.45) is 20.1. The second kappa shape index (κ2) is 15.3. The Kier molecular flexibility index (Phi) is 12.3. The van der Waals surface area contributed by atoms with E-state index in [0.29, 0.717) is 0 Å². The van der Waals surface area contributed by atoms with Gasteiger partial charge in [0, 0.05) is 24.4 Å². The van der Waals surface area contributed by atoms with E-state index in [-0.39, 0.29) is 11.9 Å². The summed E-state index contributed by atoms with van der Waals surface area (Å²) in [5, 5.41) is 0. The maximum atomic E-state index is 12.3. The van der Waals surface area contributed by atoms with Crippen LogP contribution in [0.25, 0.3) is 0 Å². The molecule has 0 aliphatic heterocycles. The van der Waals surface area contributed by atoms with Crippen molar-refractivity contribution in [1.29, 1.82) is 0 Å². The Labute approximate surface area is 188 Å². The summed E-state index contributed by atoms with van der Waals surface area (Å²) in [6.45, 7) is 4.42. The smallest absolute Gasteiger partial charge is 0.338 e. The zero-order valence-corrected chi connectivity index (χ0v) is 19.3. The van der Waals surface area contributed by atoms with Crippen molar-refractivity contribution in [2.45, 2.75) is 90.4 Å². The van der Waals surface area contributed by atoms with Crippen LogP contribution in [0.15, 0.2) is 54.9 Å². The van der Waals surface area contributed by atoms with Gasteiger partial charge in [0.2, 0.25) is 0 Å². The van der Waals surface area contributed by atoms with Crippen molar-refractivity contribution in [2.24, 2.45) is 0 Å². The number of nitrogens with zero attached hydrogens (tertiary/aromatic N) is 2. The maximum absolute atomic E-state index is 12.3. The molecule has 0 spiro atoms. The molecule has 0 saturated carbocycles. The van der Waals surface area contributed by atoms with Crippen LogP contribution in [0.5, 0.6) is 6.01 Å². The van der Waals surface area contributed by atoms with Crippen LogP contribution < -0.4 is 4.74 Å². The summed E-state index contributed by atoms with van der Waals surface area (Å²) in [4.78, 5) is 20.7. The quantitative estimate of drug-likeness (QED) is 0.173. The van der Waals surface area contributed by atoms with Crippen LogP contribution in [0, 0.1) is 0 Å². The van der Waals surface area contributed by atoms with Gasteiger partial charge < -0.3 is 4.74 Å². The van der Waals surface area contributed by atoms with Crippen molar-refractivity contribution in [1.82, 2.24) is 9.97 Å². The van der Waals surface area contributed by atoms with Crippen LogP contribution in [0.2, 0.25) is 0 Å². The number of carbonyl (C=O) groups excluding carboxylic acids is 1. The van der Waals surface area contributed by atoms with Gasteiger partial charge in [-0.3, -0.25) is 0 Å². The van der Waals surface area contributed by atoms with E-state index in [9.17, 15) is 4.79 Å². The third-order valence-electron chi connectivity index (χ3n) is 5.50. The van der Waals surface area contributed by atoms with Crippen molar-refractivity contribution >= 4 is 5.97 Å². The molecule has 1 atom stereocenters. The van der Waals surface area contributed by atoms with Crippen molar-refractivity contribution < 1.29 is 9.53 Å². The van der Waals surface area contributed by atoms with Crippen LogP contribution in [-0.4, -0.2) is 15.9 Å². The fraction of sp³-hybridized carbons (Fsp3) is 0.519.